The predicted octanol–water partition coefficient (Wildman–Crippen LogP) is -0.809. The molecule has 1 fully saturated rings. The Bertz CT molecular complexity index is 422. The molecule has 16 heavy (non-hydrogen) atoms. The first-order valence-corrected chi connectivity index (χ1v) is 5.25. The number of hydrogen-bond acceptors (Lipinski definition) is 4. The highest BCUT2D eigenvalue weighted by atomic mass is 16.2. The van der Waals surface area contributed by atoms with E-state index in [1.807, 2.05) is 0 Å². The second-order valence-electron chi connectivity index (χ2n) is 3.94. The lowest BCUT2D eigenvalue weighted by Gasteiger charge is -2.15. The Hall–Kier alpha value is -1.69. The van der Waals surface area contributed by atoms with Crippen molar-refractivity contribution in [2.45, 2.75) is 6.42 Å². The van der Waals surface area contributed by atoms with Crippen molar-refractivity contribution in [3.8, 4) is 0 Å². The summed E-state index contributed by atoms with van der Waals surface area (Å²) in [5, 5.41) is 0. The highest BCUT2D eigenvalue weighted by Gasteiger charge is 2.26. The summed E-state index contributed by atoms with van der Waals surface area (Å²) < 4.78 is 0. The van der Waals surface area contributed by atoms with E-state index in [0.717, 1.165) is 12.6 Å². The molecule has 0 aliphatic carbocycles. The van der Waals surface area contributed by atoms with E-state index in [4.69, 9.17) is 5.73 Å². The third-order valence-corrected chi connectivity index (χ3v) is 2.80. The van der Waals surface area contributed by atoms with Crippen LogP contribution in [-0.4, -0.2) is 40.4 Å². The van der Waals surface area contributed by atoms with Crippen LogP contribution in [0.15, 0.2) is 17.2 Å². The minimum absolute atomic E-state index is 0.146. The second kappa shape index (κ2) is 4.44. The Morgan fingerprint density at radius 2 is 2.50 bits per heavy atom. The van der Waals surface area contributed by atoms with Gasteiger partial charge in [0.15, 0.2) is 0 Å². The zero-order valence-corrected chi connectivity index (χ0v) is 8.85. The lowest BCUT2D eigenvalue weighted by atomic mass is 10.1. The van der Waals surface area contributed by atoms with Gasteiger partial charge in [-0.2, -0.15) is 0 Å². The molecule has 1 aromatic rings. The van der Waals surface area contributed by atoms with Gasteiger partial charge in [-0.05, 0) is 18.9 Å². The van der Waals surface area contributed by atoms with E-state index in [1.165, 1.54) is 6.20 Å². The zero-order valence-electron chi connectivity index (χ0n) is 8.85. The summed E-state index contributed by atoms with van der Waals surface area (Å²) in [4.78, 5) is 30.7. The molecule has 1 aliphatic rings. The number of aromatic nitrogens is 2. The van der Waals surface area contributed by atoms with Crippen molar-refractivity contribution >= 4 is 5.91 Å². The third-order valence-electron chi connectivity index (χ3n) is 2.80. The van der Waals surface area contributed by atoms with Crippen LogP contribution in [0.25, 0.3) is 0 Å². The van der Waals surface area contributed by atoms with Gasteiger partial charge in [0.2, 0.25) is 0 Å². The fourth-order valence-electron chi connectivity index (χ4n) is 1.83. The summed E-state index contributed by atoms with van der Waals surface area (Å²) >= 11 is 0. The number of nitrogens with one attached hydrogen (secondary N) is 1. The molecule has 3 N–H and O–H groups in total. The first-order chi connectivity index (χ1) is 7.70. The van der Waals surface area contributed by atoms with E-state index in [0.29, 0.717) is 25.6 Å². The third kappa shape index (κ3) is 2.11. The highest BCUT2D eigenvalue weighted by Crippen LogP contribution is 2.16. The molecule has 6 nitrogen and oxygen atoms in total. The average molecular weight is 222 g/mol. The normalized spacial score (nSPS) is 20.1. The van der Waals surface area contributed by atoms with Crippen LogP contribution in [0.4, 0.5) is 0 Å². The van der Waals surface area contributed by atoms with Crippen molar-refractivity contribution in [1.82, 2.24) is 14.9 Å². The smallest absolute Gasteiger partial charge is 0.273 e. The molecule has 1 saturated heterocycles. The van der Waals surface area contributed by atoms with Crippen LogP contribution in [0.3, 0.4) is 0 Å². The van der Waals surface area contributed by atoms with Crippen LogP contribution in [0.2, 0.25) is 0 Å². The molecule has 0 spiro atoms. The van der Waals surface area contributed by atoms with Crippen molar-refractivity contribution in [3.63, 3.8) is 0 Å². The number of rotatable bonds is 2. The Balaban J connectivity index is 2.08. The van der Waals surface area contributed by atoms with Crippen molar-refractivity contribution in [1.29, 1.82) is 0 Å². The molecule has 1 atom stereocenters. The van der Waals surface area contributed by atoms with Gasteiger partial charge >= 0.3 is 0 Å². The molecular formula is C10H14N4O2. The SMILES string of the molecule is NCC1CCN(C(=O)c2c[nH]c(=O)cn2)C1. The number of aromatic amines is 1. The molecule has 2 heterocycles. The molecule has 0 radical (unpaired) electrons. The summed E-state index contributed by atoms with van der Waals surface area (Å²) in [5.74, 6) is 0.235. The molecule has 0 saturated carbocycles. The molecule has 6 heteroatoms. The largest absolute Gasteiger partial charge is 0.337 e. The van der Waals surface area contributed by atoms with Crippen LogP contribution in [0.5, 0.6) is 0 Å². The first kappa shape index (κ1) is 10.8. The van der Waals surface area contributed by atoms with Crippen LogP contribution in [-0.2, 0) is 0 Å². The van der Waals surface area contributed by atoms with Crippen molar-refractivity contribution < 1.29 is 4.79 Å². The summed E-state index contributed by atoms with van der Waals surface area (Å²) in [7, 11) is 0. The Kier molecular flexibility index (Phi) is 3.00. The molecule has 1 aliphatic heterocycles. The second-order valence-corrected chi connectivity index (χ2v) is 3.94. The molecule has 1 amide bonds. The molecule has 1 unspecified atom stereocenters. The lowest BCUT2D eigenvalue weighted by Crippen LogP contribution is -2.31. The number of carbonyl (C=O) groups is 1. The van der Waals surface area contributed by atoms with Crippen molar-refractivity contribution in [2.75, 3.05) is 19.6 Å². The maximum absolute atomic E-state index is 11.9. The van der Waals surface area contributed by atoms with Crippen LogP contribution < -0.4 is 11.3 Å². The number of H-pyrrole nitrogens is 1. The lowest BCUT2D eigenvalue weighted by molar-refractivity contribution is 0.0781. The molecule has 86 valence electrons. The van der Waals surface area contributed by atoms with Gasteiger partial charge in [0.25, 0.3) is 11.5 Å². The van der Waals surface area contributed by atoms with E-state index < -0.39 is 0 Å². The number of likely N-dealkylation sites (tertiary alicyclic amines) is 1. The molecule has 1 aromatic heterocycles. The number of carbonyl (C=O) groups excluding carboxylic acids is 1. The van der Waals surface area contributed by atoms with Crippen LogP contribution in [0.1, 0.15) is 16.9 Å². The van der Waals surface area contributed by atoms with Crippen molar-refractivity contribution in [3.05, 3.63) is 28.4 Å². The summed E-state index contributed by atoms with van der Waals surface area (Å²) in [5.41, 5.74) is 5.52. The zero-order chi connectivity index (χ0) is 11.5. The van der Waals surface area contributed by atoms with Crippen molar-refractivity contribution in [2.24, 2.45) is 11.7 Å². The highest BCUT2D eigenvalue weighted by molar-refractivity contribution is 5.92. The van der Waals surface area contributed by atoms with E-state index in [-0.39, 0.29) is 17.2 Å². The van der Waals surface area contributed by atoms with E-state index in [1.54, 1.807) is 4.90 Å². The maximum atomic E-state index is 11.9. The molecule has 2 rings (SSSR count). The molecular weight excluding hydrogens is 208 g/mol. The van der Waals surface area contributed by atoms with Gasteiger partial charge in [-0.15, -0.1) is 0 Å². The first-order valence-electron chi connectivity index (χ1n) is 5.25. The fraction of sp³-hybridized carbons (Fsp3) is 0.500. The number of amides is 1. The van der Waals surface area contributed by atoms with Gasteiger partial charge in [0, 0.05) is 19.3 Å². The summed E-state index contributed by atoms with van der Waals surface area (Å²) in [6, 6.07) is 0. The van der Waals surface area contributed by atoms with Gasteiger partial charge in [-0.25, -0.2) is 4.98 Å². The summed E-state index contributed by atoms with van der Waals surface area (Å²) in [6.07, 6.45) is 3.40. The number of nitrogens with two attached hydrogens (primary N) is 1. The predicted molar refractivity (Wildman–Crippen MR) is 57.9 cm³/mol. The molecule has 0 aromatic carbocycles. The van der Waals surface area contributed by atoms with E-state index in [9.17, 15) is 9.59 Å². The number of hydrogen-bond donors (Lipinski definition) is 2. The topological polar surface area (TPSA) is 92.1 Å². The minimum Gasteiger partial charge on any atom is -0.337 e. The minimum atomic E-state index is -0.308. The quantitative estimate of drug-likeness (QED) is 0.684. The Morgan fingerprint density at radius 3 is 3.06 bits per heavy atom. The van der Waals surface area contributed by atoms with E-state index >= 15 is 0 Å². The molecule has 0 bridgehead atoms. The standard InChI is InChI=1S/C10H14N4O2/c11-3-7-1-2-14(6-7)10(16)8-4-13-9(15)5-12-8/h4-5,7H,1-3,6,11H2,(H,13,15). The Labute approximate surface area is 92.5 Å². The fourth-order valence-corrected chi connectivity index (χ4v) is 1.83. The monoisotopic (exact) mass is 222 g/mol. The van der Waals surface area contributed by atoms with Crippen LogP contribution in [0, 0.1) is 5.92 Å². The summed E-state index contributed by atoms with van der Waals surface area (Å²) in [6.45, 7) is 1.99. The number of nitrogens with zero attached hydrogens (tertiary/aromatic N) is 2. The van der Waals surface area contributed by atoms with Gasteiger partial charge in [-0.3, -0.25) is 9.59 Å². The van der Waals surface area contributed by atoms with Gasteiger partial charge in [-0.1, -0.05) is 0 Å². The Morgan fingerprint density at radius 1 is 1.69 bits per heavy atom. The van der Waals surface area contributed by atoms with Gasteiger partial charge in [0.1, 0.15) is 5.69 Å². The average Bonchev–Trinajstić information content (AvgIpc) is 2.77. The van der Waals surface area contributed by atoms with Gasteiger partial charge < -0.3 is 15.6 Å². The maximum Gasteiger partial charge on any atom is 0.273 e. The van der Waals surface area contributed by atoms with Crippen LogP contribution >= 0.6 is 0 Å². The van der Waals surface area contributed by atoms with Gasteiger partial charge in [0.05, 0.1) is 6.20 Å². The van der Waals surface area contributed by atoms with E-state index in [2.05, 4.69) is 9.97 Å².